The van der Waals surface area contributed by atoms with Gasteiger partial charge in [-0.1, -0.05) is 15.9 Å². The Bertz CT molecular complexity index is 331. The van der Waals surface area contributed by atoms with E-state index in [2.05, 4.69) is 51.4 Å². The fourth-order valence-electron chi connectivity index (χ4n) is 1.61. The molecular weight excluding hydrogens is 268 g/mol. The largest absolute Gasteiger partial charge is 0.383 e. The van der Waals surface area contributed by atoms with E-state index in [0.29, 0.717) is 0 Å². The smallest absolute Gasteiger partial charge is 0.0637 e. The molecular formula is C12H19BrN2O. The van der Waals surface area contributed by atoms with Gasteiger partial charge in [-0.25, -0.2) is 0 Å². The summed E-state index contributed by atoms with van der Waals surface area (Å²) in [5.41, 5.74) is 2.53. The molecule has 90 valence electrons. The van der Waals surface area contributed by atoms with Crippen LogP contribution in [0, 0.1) is 0 Å². The average molecular weight is 287 g/mol. The lowest BCUT2D eigenvalue weighted by Gasteiger charge is -2.22. The molecule has 1 N–H and O–H groups in total. The molecule has 1 aromatic rings. The summed E-state index contributed by atoms with van der Waals surface area (Å²) in [6.07, 6.45) is 0. The van der Waals surface area contributed by atoms with Gasteiger partial charge in [-0.15, -0.1) is 0 Å². The number of nitrogens with one attached hydrogen (secondary N) is 1. The van der Waals surface area contributed by atoms with Gasteiger partial charge in [-0.3, -0.25) is 0 Å². The summed E-state index contributed by atoms with van der Waals surface area (Å²) in [6, 6.07) is 6.35. The Balaban J connectivity index is 2.84. The van der Waals surface area contributed by atoms with Gasteiger partial charge in [0.2, 0.25) is 0 Å². The van der Waals surface area contributed by atoms with Crippen LogP contribution < -0.4 is 10.2 Å². The molecule has 16 heavy (non-hydrogen) atoms. The maximum Gasteiger partial charge on any atom is 0.0637 e. The summed E-state index contributed by atoms with van der Waals surface area (Å²) in [5.74, 6) is 0. The second-order valence-electron chi connectivity index (χ2n) is 3.72. The van der Waals surface area contributed by atoms with Crippen LogP contribution in [0.2, 0.25) is 0 Å². The molecule has 0 aliphatic carbocycles. The second kappa shape index (κ2) is 6.89. The lowest BCUT2D eigenvalue weighted by molar-refractivity contribution is 0.206. The van der Waals surface area contributed by atoms with Crippen LogP contribution in [-0.2, 0) is 11.3 Å². The monoisotopic (exact) mass is 286 g/mol. The minimum absolute atomic E-state index is 0.742. The number of hydrogen-bond donors (Lipinski definition) is 1. The highest BCUT2D eigenvalue weighted by molar-refractivity contribution is 9.10. The van der Waals surface area contributed by atoms with Gasteiger partial charge in [0.25, 0.3) is 0 Å². The summed E-state index contributed by atoms with van der Waals surface area (Å²) in [7, 11) is 5.77. The topological polar surface area (TPSA) is 24.5 Å². The highest BCUT2D eigenvalue weighted by atomic mass is 79.9. The molecule has 4 heteroatoms. The van der Waals surface area contributed by atoms with Gasteiger partial charge in [0, 0.05) is 37.4 Å². The van der Waals surface area contributed by atoms with Crippen molar-refractivity contribution in [2.75, 3.05) is 39.3 Å². The Labute approximate surface area is 106 Å². The third kappa shape index (κ3) is 3.77. The van der Waals surface area contributed by atoms with Gasteiger partial charge < -0.3 is 15.0 Å². The zero-order valence-corrected chi connectivity index (χ0v) is 11.7. The summed E-state index contributed by atoms with van der Waals surface area (Å²) in [4.78, 5) is 2.21. The highest BCUT2D eigenvalue weighted by Gasteiger charge is 2.07. The first-order valence-corrected chi connectivity index (χ1v) is 6.11. The Hall–Kier alpha value is -0.580. The molecule has 0 spiro atoms. The molecule has 1 rings (SSSR count). The number of methoxy groups -OCH3 is 1. The van der Waals surface area contributed by atoms with E-state index in [1.807, 2.05) is 7.05 Å². The Morgan fingerprint density at radius 3 is 2.81 bits per heavy atom. The summed E-state index contributed by atoms with van der Waals surface area (Å²) in [6.45, 7) is 2.51. The highest BCUT2D eigenvalue weighted by Crippen LogP contribution is 2.23. The van der Waals surface area contributed by atoms with Crippen molar-refractivity contribution >= 4 is 21.6 Å². The lowest BCUT2D eigenvalue weighted by Crippen LogP contribution is -2.24. The van der Waals surface area contributed by atoms with Crippen molar-refractivity contribution < 1.29 is 4.74 Å². The van der Waals surface area contributed by atoms with Gasteiger partial charge in [0.15, 0.2) is 0 Å². The first kappa shape index (κ1) is 13.5. The molecule has 0 aliphatic heterocycles. The quantitative estimate of drug-likeness (QED) is 0.868. The minimum atomic E-state index is 0.742. The molecule has 0 amide bonds. The van der Waals surface area contributed by atoms with Gasteiger partial charge >= 0.3 is 0 Å². The molecule has 0 aromatic heterocycles. The van der Waals surface area contributed by atoms with Crippen LogP contribution in [0.15, 0.2) is 22.7 Å². The van der Waals surface area contributed by atoms with E-state index in [-0.39, 0.29) is 0 Å². The maximum atomic E-state index is 5.09. The van der Waals surface area contributed by atoms with Crippen LogP contribution in [0.3, 0.4) is 0 Å². The fourth-order valence-corrected chi connectivity index (χ4v) is 2.02. The number of rotatable bonds is 6. The molecule has 1 aromatic carbocycles. The first-order chi connectivity index (χ1) is 7.69. The Morgan fingerprint density at radius 1 is 1.44 bits per heavy atom. The van der Waals surface area contributed by atoms with E-state index in [1.54, 1.807) is 7.11 Å². The van der Waals surface area contributed by atoms with Gasteiger partial charge in [0.1, 0.15) is 0 Å². The van der Waals surface area contributed by atoms with Gasteiger partial charge in [0.05, 0.1) is 6.61 Å². The Morgan fingerprint density at radius 2 is 2.19 bits per heavy atom. The SMILES string of the molecule is CNCc1cc(Br)ccc1N(C)CCOC. The molecule has 0 aliphatic rings. The predicted molar refractivity (Wildman–Crippen MR) is 72.1 cm³/mol. The van der Waals surface area contributed by atoms with Crippen molar-refractivity contribution in [1.29, 1.82) is 0 Å². The molecule has 0 heterocycles. The van der Waals surface area contributed by atoms with E-state index in [9.17, 15) is 0 Å². The summed E-state index contributed by atoms with van der Waals surface area (Å²) in [5, 5.41) is 3.18. The molecule has 3 nitrogen and oxygen atoms in total. The minimum Gasteiger partial charge on any atom is -0.383 e. The van der Waals surface area contributed by atoms with E-state index in [1.165, 1.54) is 11.3 Å². The molecule has 0 saturated heterocycles. The number of halogens is 1. The third-order valence-electron chi connectivity index (χ3n) is 2.45. The number of nitrogens with zero attached hydrogens (tertiary/aromatic N) is 1. The predicted octanol–water partition coefficient (Wildman–Crippen LogP) is 2.25. The average Bonchev–Trinajstić information content (AvgIpc) is 2.26. The Kier molecular flexibility index (Phi) is 5.80. The number of anilines is 1. The fraction of sp³-hybridized carbons (Fsp3) is 0.500. The molecule has 0 atom stereocenters. The molecule has 0 bridgehead atoms. The standard InChI is InChI=1S/C12H19BrN2O/c1-14-9-10-8-11(13)4-5-12(10)15(2)6-7-16-3/h4-5,8,14H,6-7,9H2,1-3H3. The van der Waals surface area contributed by atoms with Crippen molar-refractivity contribution in [3.63, 3.8) is 0 Å². The van der Waals surface area contributed by atoms with Gasteiger partial charge in [-0.2, -0.15) is 0 Å². The van der Waals surface area contributed by atoms with Crippen molar-refractivity contribution in [2.45, 2.75) is 6.54 Å². The summed E-state index contributed by atoms with van der Waals surface area (Å²) < 4.78 is 6.20. The first-order valence-electron chi connectivity index (χ1n) is 5.32. The van der Waals surface area contributed by atoms with Crippen molar-refractivity contribution in [3.05, 3.63) is 28.2 Å². The third-order valence-corrected chi connectivity index (χ3v) is 2.94. The second-order valence-corrected chi connectivity index (χ2v) is 4.63. The molecule has 0 saturated carbocycles. The number of likely N-dealkylation sites (N-methyl/N-ethyl adjacent to an activating group) is 1. The maximum absolute atomic E-state index is 5.09. The molecule has 0 fully saturated rings. The lowest BCUT2D eigenvalue weighted by atomic mass is 10.1. The van der Waals surface area contributed by atoms with Crippen LogP contribution >= 0.6 is 15.9 Å². The van der Waals surface area contributed by atoms with Crippen LogP contribution in [0.1, 0.15) is 5.56 Å². The van der Waals surface area contributed by atoms with E-state index in [4.69, 9.17) is 4.74 Å². The van der Waals surface area contributed by atoms with E-state index in [0.717, 1.165) is 24.2 Å². The van der Waals surface area contributed by atoms with Crippen molar-refractivity contribution in [3.8, 4) is 0 Å². The van der Waals surface area contributed by atoms with Crippen LogP contribution in [-0.4, -0.2) is 34.4 Å². The number of hydrogen-bond acceptors (Lipinski definition) is 3. The zero-order chi connectivity index (χ0) is 12.0. The van der Waals surface area contributed by atoms with E-state index >= 15 is 0 Å². The number of ether oxygens (including phenoxy) is 1. The summed E-state index contributed by atoms with van der Waals surface area (Å²) >= 11 is 3.50. The van der Waals surface area contributed by atoms with Crippen molar-refractivity contribution in [2.24, 2.45) is 0 Å². The normalized spacial score (nSPS) is 10.5. The molecule has 0 unspecified atom stereocenters. The van der Waals surface area contributed by atoms with Crippen LogP contribution in [0.5, 0.6) is 0 Å². The van der Waals surface area contributed by atoms with Crippen LogP contribution in [0.4, 0.5) is 5.69 Å². The van der Waals surface area contributed by atoms with Crippen molar-refractivity contribution in [1.82, 2.24) is 5.32 Å². The van der Waals surface area contributed by atoms with E-state index < -0.39 is 0 Å². The molecule has 0 radical (unpaired) electrons. The zero-order valence-electron chi connectivity index (χ0n) is 10.1. The van der Waals surface area contributed by atoms with Crippen LogP contribution in [0.25, 0.3) is 0 Å². The van der Waals surface area contributed by atoms with Gasteiger partial charge in [-0.05, 0) is 30.8 Å². The number of benzene rings is 1.